The molecular weight excluding hydrogens is 380 g/mol. The molecule has 158 valence electrons. The van der Waals surface area contributed by atoms with Gasteiger partial charge in [-0.2, -0.15) is 0 Å². The number of nitro groups is 1. The minimum Gasteiger partial charge on any atom is -0.468 e. The van der Waals surface area contributed by atoms with Gasteiger partial charge in [0.05, 0.1) is 19.1 Å². The minimum atomic E-state index is -1.13. The molecule has 1 N–H and O–H groups in total. The van der Waals surface area contributed by atoms with E-state index in [2.05, 4.69) is 5.32 Å². The zero-order valence-electron chi connectivity index (χ0n) is 16.6. The SMILES string of the molecule is COC(=O)C(C[C@@H](NC(=O)c1ccc([N+](=O)[O-])cc1)C1CCCCC1)C(=O)OC. The number of rotatable bonds is 8. The van der Waals surface area contributed by atoms with Crippen molar-refractivity contribution in [1.29, 1.82) is 0 Å². The van der Waals surface area contributed by atoms with Gasteiger partial charge in [-0.05, 0) is 37.3 Å². The molecule has 2 rings (SSSR count). The molecule has 0 heterocycles. The fourth-order valence-electron chi connectivity index (χ4n) is 3.72. The Bertz CT molecular complexity index is 726. The molecule has 1 fully saturated rings. The van der Waals surface area contributed by atoms with Crippen LogP contribution in [0.5, 0.6) is 0 Å². The molecule has 1 atom stereocenters. The van der Waals surface area contributed by atoms with Crippen LogP contribution in [0.1, 0.15) is 48.9 Å². The molecule has 1 saturated carbocycles. The Labute approximate surface area is 168 Å². The van der Waals surface area contributed by atoms with Crippen LogP contribution in [0.3, 0.4) is 0 Å². The summed E-state index contributed by atoms with van der Waals surface area (Å²) in [6.45, 7) is 0. The number of non-ortho nitro benzene ring substituents is 1. The van der Waals surface area contributed by atoms with Gasteiger partial charge >= 0.3 is 11.9 Å². The van der Waals surface area contributed by atoms with Crippen molar-refractivity contribution in [2.24, 2.45) is 11.8 Å². The van der Waals surface area contributed by atoms with Crippen LogP contribution in [0.25, 0.3) is 0 Å². The summed E-state index contributed by atoms with van der Waals surface area (Å²) in [4.78, 5) is 47.2. The number of carbonyl (C=O) groups excluding carboxylic acids is 3. The van der Waals surface area contributed by atoms with Gasteiger partial charge in [0.15, 0.2) is 5.92 Å². The van der Waals surface area contributed by atoms with E-state index in [0.29, 0.717) is 0 Å². The highest BCUT2D eigenvalue weighted by molar-refractivity contribution is 5.96. The van der Waals surface area contributed by atoms with Crippen LogP contribution in [0.2, 0.25) is 0 Å². The van der Waals surface area contributed by atoms with Crippen molar-refractivity contribution < 1.29 is 28.8 Å². The van der Waals surface area contributed by atoms with E-state index in [1.165, 1.54) is 38.5 Å². The van der Waals surface area contributed by atoms with Crippen LogP contribution in [0, 0.1) is 22.0 Å². The third-order valence-electron chi connectivity index (χ3n) is 5.34. The first kappa shape index (κ1) is 22.3. The van der Waals surface area contributed by atoms with E-state index in [1.807, 2.05) is 0 Å². The lowest BCUT2D eigenvalue weighted by atomic mass is 9.80. The monoisotopic (exact) mass is 406 g/mol. The number of nitrogens with one attached hydrogen (secondary N) is 1. The second kappa shape index (κ2) is 10.5. The number of methoxy groups -OCH3 is 2. The lowest BCUT2D eigenvalue weighted by Gasteiger charge is -2.32. The second-order valence-electron chi connectivity index (χ2n) is 7.12. The number of ether oxygens (including phenoxy) is 2. The molecule has 1 aliphatic carbocycles. The third kappa shape index (κ3) is 6.00. The Balaban J connectivity index is 2.20. The van der Waals surface area contributed by atoms with Crippen molar-refractivity contribution in [2.45, 2.75) is 44.6 Å². The normalized spacial score (nSPS) is 15.4. The van der Waals surface area contributed by atoms with E-state index >= 15 is 0 Å². The summed E-state index contributed by atoms with van der Waals surface area (Å²) in [5.74, 6) is -2.84. The first-order valence-electron chi connectivity index (χ1n) is 9.58. The van der Waals surface area contributed by atoms with Crippen LogP contribution in [0.15, 0.2) is 24.3 Å². The van der Waals surface area contributed by atoms with Gasteiger partial charge in [-0.1, -0.05) is 19.3 Å². The molecule has 29 heavy (non-hydrogen) atoms. The summed E-state index contributed by atoms with van der Waals surface area (Å²) >= 11 is 0. The number of esters is 2. The van der Waals surface area contributed by atoms with Crippen LogP contribution >= 0.6 is 0 Å². The second-order valence-corrected chi connectivity index (χ2v) is 7.12. The largest absolute Gasteiger partial charge is 0.468 e. The number of amides is 1. The first-order chi connectivity index (χ1) is 13.9. The molecule has 0 bridgehead atoms. The molecule has 0 saturated heterocycles. The predicted molar refractivity (Wildman–Crippen MR) is 103 cm³/mol. The Morgan fingerprint density at radius 1 is 1.07 bits per heavy atom. The minimum absolute atomic E-state index is 0.0722. The lowest BCUT2D eigenvalue weighted by molar-refractivity contribution is -0.384. The van der Waals surface area contributed by atoms with E-state index in [-0.39, 0.29) is 23.6 Å². The number of nitrogens with zero attached hydrogens (tertiary/aromatic N) is 1. The van der Waals surface area contributed by atoms with Crippen LogP contribution in [-0.2, 0) is 19.1 Å². The number of hydrogen-bond donors (Lipinski definition) is 1. The molecule has 1 amide bonds. The number of nitro benzene ring substituents is 1. The van der Waals surface area contributed by atoms with Gasteiger partial charge in [-0.15, -0.1) is 0 Å². The molecule has 1 aromatic carbocycles. The number of carbonyl (C=O) groups is 3. The van der Waals surface area contributed by atoms with Gasteiger partial charge in [0.2, 0.25) is 0 Å². The molecular formula is C20H26N2O7. The number of benzene rings is 1. The predicted octanol–water partition coefficient (Wildman–Crippen LogP) is 2.63. The van der Waals surface area contributed by atoms with Gasteiger partial charge < -0.3 is 14.8 Å². The average molecular weight is 406 g/mol. The van der Waals surface area contributed by atoms with E-state index < -0.39 is 34.7 Å². The van der Waals surface area contributed by atoms with Gasteiger partial charge in [0.25, 0.3) is 11.6 Å². The standard InChI is InChI=1S/C20H26N2O7/c1-28-19(24)16(20(25)29-2)12-17(13-6-4-3-5-7-13)21-18(23)14-8-10-15(11-9-14)22(26)27/h8-11,13,16-17H,3-7,12H2,1-2H3,(H,21,23)/t17-/m1/s1. The van der Waals surface area contributed by atoms with E-state index in [1.54, 1.807) is 0 Å². The molecule has 0 unspecified atom stereocenters. The highest BCUT2D eigenvalue weighted by Gasteiger charge is 2.35. The Morgan fingerprint density at radius 2 is 1.62 bits per heavy atom. The zero-order chi connectivity index (χ0) is 21.4. The average Bonchev–Trinajstić information content (AvgIpc) is 2.76. The molecule has 9 heteroatoms. The summed E-state index contributed by atoms with van der Waals surface area (Å²) in [6, 6.07) is 4.85. The maximum absolute atomic E-state index is 12.7. The summed E-state index contributed by atoms with van der Waals surface area (Å²) in [6.07, 6.45) is 4.95. The van der Waals surface area contributed by atoms with Crippen molar-refractivity contribution in [3.63, 3.8) is 0 Å². The van der Waals surface area contributed by atoms with E-state index in [4.69, 9.17) is 9.47 Å². The zero-order valence-corrected chi connectivity index (χ0v) is 16.6. The third-order valence-corrected chi connectivity index (χ3v) is 5.34. The maximum Gasteiger partial charge on any atom is 0.320 e. The molecule has 1 aromatic rings. The van der Waals surface area contributed by atoms with Crippen LogP contribution in [0.4, 0.5) is 5.69 Å². The highest BCUT2D eigenvalue weighted by Crippen LogP contribution is 2.30. The smallest absolute Gasteiger partial charge is 0.320 e. The summed E-state index contributed by atoms with van der Waals surface area (Å²) in [5, 5.41) is 13.7. The highest BCUT2D eigenvalue weighted by atomic mass is 16.6. The van der Waals surface area contributed by atoms with Gasteiger partial charge in [0, 0.05) is 23.7 Å². The Morgan fingerprint density at radius 3 is 2.10 bits per heavy atom. The number of hydrogen-bond acceptors (Lipinski definition) is 7. The van der Waals surface area contributed by atoms with E-state index in [0.717, 1.165) is 32.1 Å². The van der Waals surface area contributed by atoms with Gasteiger partial charge in [-0.25, -0.2) is 0 Å². The van der Waals surface area contributed by atoms with Crippen molar-refractivity contribution in [3.05, 3.63) is 39.9 Å². The maximum atomic E-state index is 12.7. The molecule has 0 radical (unpaired) electrons. The topological polar surface area (TPSA) is 125 Å². The van der Waals surface area contributed by atoms with Crippen LogP contribution in [-0.4, -0.2) is 43.0 Å². The lowest BCUT2D eigenvalue weighted by Crippen LogP contribution is -2.44. The molecule has 9 nitrogen and oxygen atoms in total. The summed E-state index contributed by atoms with van der Waals surface area (Å²) in [7, 11) is 2.40. The Kier molecular flexibility index (Phi) is 8.11. The first-order valence-corrected chi connectivity index (χ1v) is 9.58. The molecule has 0 aromatic heterocycles. The van der Waals surface area contributed by atoms with Gasteiger partial charge in [-0.3, -0.25) is 24.5 Å². The quantitative estimate of drug-likeness (QED) is 0.304. The summed E-state index contributed by atoms with van der Waals surface area (Å²) in [5.41, 5.74) is 0.158. The van der Waals surface area contributed by atoms with Crippen molar-refractivity contribution in [3.8, 4) is 0 Å². The van der Waals surface area contributed by atoms with Crippen molar-refractivity contribution in [2.75, 3.05) is 14.2 Å². The fourth-order valence-corrected chi connectivity index (χ4v) is 3.72. The van der Waals surface area contributed by atoms with Crippen molar-refractivity contribution >= 4 is 23.5 Å². The van der Waals surface area contributed by atoms with Crippen LogP contribution < -0.4 is 5.32 Å². The van der Waals surface area contributed by atoms with Crippen molar-refractivity contribution in [1.82, 2.24) is 5.32 Å². The summed E-state index contributed by atoms with van der Waals surface area (Å²) < 4.78 is 9.46. The molecule has 1 aliphatic rings. The molecule has 0 spiro atoms. The Hall–Kier alpha value is -2.97. The molecule has 0 aliphatic heterocycles. The van der Waals surface area contributed by atoms with E-state index in [9.17, 15) is 24.5 Å². The fraction of sp³-hybridized carbons (Fsp3) is 0.550. The van der Waals surface area contributed by atoms with Gasteiger partial charge in [0.1, 0.15) is 0 Å².